The molecule has 0 unspecified atom stereocenters. The summed E-state index contributed by atoms with van der Waals surface area (Å²) in [6, 6.07) is 0. The molecule has 0 aromatic carbocycles. The fourth-order valence-electron chi connectivity index (χ4n) is 0. The van der Waals surface area contributed by atoms with E-state index in [4.69, 9.17) is 21.1 Å². The molecule has 6 heteroatoms. The van der Waals surface area contributed by atoms with Gasteiger partial charge in [-0.15, -0.1) is 0 Å². The van der Waals surface area contributed by atoms with E-state index in [0.29, 0.717) is 0 Å². The third-order valence-corrected chi connectivity index (χ3v) is 0. The predicted molar refractivity (Wildman–Crippen MR) is 25.9 cm³/mol. The van der Waals surface area contributed by atoms with Crippen molar-refractivity contribution in [2.75, 3.05) is 6.61 Å². The van der Waals surface area contributed by atoms with Crippen LogP contribution >= 0.6 is 0 Å². The summed E-state index contributed by atoms with van der Waals surface area (Å²) < 4.78 is 30.7. The standard InChI is InChI=1S/C2H6O.AsH3O4/c1-2-3;2-1(3,4)5/h3H,2H2,1H3;(H3,2,3,4,5). The fraction of sp³-hybridized carbons (Fsp3) is 1.00. The van der Waals surface area contributed by atoms with Crippen molar-refractivity contribution in [3.8, 4) is 0 Å². The first kappa shape index (κ1) is 11.1. The summed E-state index contributed by atoms with van der Waals surface area (Å²) in [6.07, 6.45) is 0. The van der Waals surface area contributed by atoms with E-state index >= 15 is 0 Å². The van der Waals surface area contributed by atoms with Crippen LogP contribution in [0, 0.1) is 0 Å². The zero-order valence-corrected chi connectivity index (χ0v) is 6.23. The molecular weight excluding hydrogens is 179 g/mol. The number of hydrogen-bond acceptors (Lipinski definition) is 2. The van der Waals surface area contributed by atoms with Crippen molar-refractivity contribution in [1.82, 2.24) is 0 Å². The normalized spacial score (nSPS) is 9.62. The molecular formula is C2H9AsO5. The first-order chi connectivity index (χ1) is 3.41. The Balaban J connectivity index is 0. The minimum absolute atomic E-state index is 0.250. The third-order valence-electron chi connectivity index (χ3n) is 0. The molecule has 0 spiro atoms. The summed E-state index contributed by atoms with van der Waals surface area (Å²) in [5, 5.41) is 7.57. The molecule has 0 fully saturated rings. The molecule has 52 valence electrons. The molecule has 0 bridgehead atoms. The molecule has 0 aliphatic rings. The van der Waals surface area contributed by atoms with E-state index in [1.165, 1.54) is 0 Å². The number of aliphatic hydroxyl groups is 1. The topological polar surface area (TPSA) is 98.0 Å². The molecule has 0 aromatic rings. The van der Waals surface area contributed by atoms with Gasteiger partial charge in [-0.2, -0.15) is 0 Å². The van der Waals surface area contributed by atoms with Crippen molar-refractivity contribution in [3.05, 3.63) is 0 Å². The van der Waals surface area contributed by atoms with Crippen LogP contribution in [0.25, 0.3) is 0 Å². The van der Waals surface area contributed by atoms with Crippen LogP contribution in [0.4, 0.5) is 0 Å². The monoisotopic (exact) mass is 188 g/mol. The van der Waals surface area contributed by atoms with Crippen molar-refractivity contribution in [1.29, 1.82) is 0 Å². The van der Waals surface area contributed by atoms with E-state index in [2.05, 4.69) is 0 Å². The van der Waals surface area contributed by atoms with Gasteiger partial charge in [0.05, 0.1) is 0 Å². The van der Waals surface area contributed by atoms with Gasteiger partial charge >= 0.3 is 30.5 Å². The average Bonchev–Trinajstić information content (AvgIpc) is 1.27. The minimum atomic E-state index is -5.12. The van der Waals surface area contributed by atoms with Crippen LogP contribution in [0.15, 0.2) is 0 Å². The molecule has 4 N–H and O–H groups in total. The maximum atomic E-state index is 8.94. The third kappa shape index (κ3) is 4250. The van der Waals surface area contributed by atoms with Crippen LogP contribution in [-0.4, -0.2) is 38.5 Å². The van der Waals surface area contributed by atoms with Crippen LogP contribution in [0.2, 0.25) is 0 Å². The Labute approximate surface area is 49.9 Å². The fourth-order valence-corrected chi connectivity index (χ4v) is 0. The van der Waals surface area contributed by atoms with Crippen LogP contribution < -0.4 is 0 Å². The molecule has 0 aliphatic heterocycles. The Morgan fingerprint density at radius 3 is 1.38 bits per heavy atom. The first-order valence-corrected chi connectivity index (χ1v) is 5.09. The molecule has 5 nitrogen and oxygen atoms in total. The molecule has 0 aliphatic carbocycles. The SMILES string of the molecule is CCO.O=[As](O)(O)O. The molecule has 0 rings (SSSR count). The Kier molecular flexibility index (Phi) is 7.38. The molecule has 0 atom stereocenters. The molecule has 0 amide bonds. The van der Waals surface area contributed by atoms with Gasteiger partial charge in [-0.3, -0.25) is 0 Å². The van der Waals surface area contributed by atoms with Crippen molar-refractivity contribution < 1.29 is 21.1 Å². The number of rotatable bonds is 0. The Morgan fingerprint density at radius 1 is 1.38 bits per heavy atom. The zero-order chi connectivity index (χ0) is 7.21. The van der Waals surface area contributed by atoms with Crippen molar-refractivity contribution >= 4 is 14.5 Å². The van der Waals surface area contributed by atoms with Crippen molar-refractivity contribution in [3.63, 3.8) is 0 Å². The van der Waals surface area contributed by atoms with Gasteiger partial charge in [0.25, 0.3) is 0 Å². The van der Waals surface area contributed by atoms with Crippen LogP contribution in [0.3, 0.4) is 0 Å². The molecule has 0 heterocycles. The van der Waals surface area contributed by atoms with E-state index in [-0.39, 0.29) is 6.61 Å². The van der Waals surface area contributed by atoms with E-state index < -0.39 is 14.5 Å². The van der Waals surface area contributed by atoms with Gasteiger partial charge in [-0.1, -0.05) is 0 Å². The van der Waals surface area contributed by atoms with Crippen molar-refractivity contribution in [2.24, 2.45) is 0 Å². The Bertz CT molecular complexity index is 66.2. The van der Waals surface area contributed by atoms with E-state index in [9.17, 15) is 0 Å². The van der Waals surface area contributed by atoms with E-state index in [1.54, 1.807) is 6.92 Å². The van der Waals surface area contributed by atoms with Gasteiger partial charge in [-0.25, -0.2) is 0 Å². The second-order valence-electron chi connectivity index (χ2n) is 0.830. The van der Waals surface area contributed by atoms with E-state index in [0.717, 1.165) is 0 Å². The Morgan fingerprint density at radius 2 is 1.38 bits per heavy atom. The van der Waals surface area contributed by atoms with Gasteiger partial charge < -0.3 is 5.11 Å². The quantitative estimate of drug-likeness (QED) is 0.324. The summed E-state index contributed by atoms with van der Waals surface area (Å²) in [5.74, 6) is 0. The summed E-state index contributed by atoms with van der Waals surface area (Å²) in [5.41, 5.74) is 0. The summed E-state index contributed by atoms with van der Waals surface area (Å²) in [6.45, 7) is 1.93. The first-order valence-electron chi connectivity index (χ1n) is 1.81. The molecule has 0 saturated carbocycles. The van der Waals surface area contributed by atoms with Gasteiger partial charge in [0.1, 0.15) is 0 Å². The zero-order valence-electron chi connectivity index (χ0n) is 4.35. The average molecular weight is 188 g/mol. The summed E-state index contributed by atoms with van der Waals surface area (Å²) >= 11 is -5.12. The molecule has 0 saturated heterocycles. The van der Waals surface area contributed by atoms with Crippen molar-refractivity contribution in [2.45, 2.75) is 6.92 Å². The van der Waals surface area contributed by atoms with E-state index in [1.807, 2.05) is 0 Å². The summed E-state index contributed by atoms with van der Waals surface area (Å²) in [7, 11) is 0. The van der Waals surface area contributed by atoms with Crippen LogP contribution in [0.1, 0.15) is 6.92 Å². The van der Waals surface area contributed by atoms with Gasteiger partial charge in [0, 0.05) is 6.61 Å². The summed E-state index contributed by atoms with van der Waals surface area (Å²) in [4.78, 5) is 0. The number of hydrogen-bond donors (Lipinski definition) is 4. The molecule has 8 heavy (non-hydrogen) atoms. The molecule has 0 aromatic heterocycles. The van der Waals surface area contributed by atoms with Crippen LogP contribution in [-0.2, 0) is 3.74 Å². The number of aliphatic hydroxyl groups excluding tert-OH is 1. The predicted octanol–water partition coefficient (Wildman–Crippen LogP) is -2.17. The van der Waals surface area contributed by atoms with Crippen LogP contribution in [0.5, 0.6) is 0 Å². The van der Waals surface area contributed by atoms with Gasteiger partial charge in [0.2, 0.25) is 0 Å². The van der Waals surface area contributed by atoms with Gasteiger partial charge in [-0.05, 0) is 6.92 Å². The van der Waals surface area contributed by atoms with Gasteiger partial charge in [0.15, 0.2) is 0 Å². The second kappa shape index (κ2) is 5.34. The second-order valence-corrected chi connectivity index (χ2v) is 2.98. The molecule has 0 radical (unpaired) electrons. The Hall–Kier alpha value is 0.198. The maximum absolute atomic E-state index is 8.94.